The van der Waals surface area contributed by atoms with Gasteiger partial charge in [-0.15, -0.1) is 0 Å². The Labute approximate surface area is 213 Å². The summed E-state index contributed by atoms with van der Waals surface area (Å²) >= 11 is 0. The van der Waals surface area contributed by atoms with E-state index in [1.54, 1.807) is 6.20 Å². The molecule has 7 heteroatoms. The topological polar surface area (TPSA) is 72.4 Å². The van der Waals surface area contributed by atoms with Crippen molar-refractivity contribution in [3.05, 3.63) is 72.2 Å². The van der Waals surface area contributed by atoms with Crippen LogP contribution in [0, 0.1) is 0 Å². The van der Waals surface area contributed by atoms with Crippen molar-refractivity contribution in [3.63, 3.8) is 0 Å². The van der Waals surface area contributed by atoms with E-state index < -0.39 is 0 Å². The molecule has 6 bridgehead atoms. The van der Waals surface area contributed by atoms with Gasteiger partial charge in [-0.05, 0) is 88.0 Å². The van der Waals surface area contributed by atoms with Crippen LogP contribution in [0.1, 0.15) is 43.4 Å². The number of nitrogens with one attached hydrogen (secondary N) is 1. The number of rotatable bonds is 5. The second kappa shape index (κ2) is 12.6. The summed E-state index contributed by atoms with van der Waals surface area (Å²) < 4.78 is 12.2. The van der Waals surface area contributed by atoms with E-state index in [9.17, 15) is 0 Å². The summed E-state index contributed by atoms with van der Waals surface area (Å²) in [5, 5.41) is 3.36. The van der Waals surface area contributed by atoms with Crippen LogP contribution < -0.4 is 10.1 Å². The van der Waals surface area contributed by atoms with Crippen LogP contribution >= 0.6 is 0 Å². The number of ether oxygens (including phenoxy) is 2. The van der Waals surface area contributed by atoms with E-state index in [0.717, 1.165) is 66.2 Å². The van der Waals surface area contributed by atoms with Gasteiger partial charge >= 0.3 is 0 Å². The summed E-state index contributed by atoms with van der Waals surface area (Å²) in [4.78, 5) is 16.2. The Balaban J connectivity index is 1.33. The van der Waals surface area contributed by atoms with E-state index in [-0.39, 0.29) is 0 Å². The van der Waals surface area contributed by atoms with Crippen LogP contribution in [0.2, 0.25) is 0 Å². The molecule has 4 heterocycles. The number of aryl methyl sites for hydroxylation is 1. The standard InChI is InChI=1S/C29H35N5O2/c1-2-6-18-35-22-24-21-26(9-10-28(24)36-19-7-17-34-15-4-5-16-34)32-29-31-14-12-27(33-29)23-11-13-30-25(20-23)8-3-1/h2,6,9-14,20-21H,1,3-5,7-8,15-19,22H2,(H,31,32,33)/b6-2+. The quantitative estimate of drug-likeness (QED) is 0.375. The van der Waals surface area contributed by atoms with Crippen LogP contribution in [-0.4, -0.2) is 52.7 Å². The summed E-state index contributed by atoms with van der Waals surface area (Å²) in [5.74, 6) is 1.43. The Kier molecular flexibility index (Phi) is 8.55. The number of hydrogen-bond acceptors (Lipinski definition) is 7. The van der Waals surface area contributed by atoms with Crippen LogP contribution in [0.4, 0.5) is 11.6 Å². The molecule has 2 aliphatic rings. The molecule has 36 heavy (non-hydrogen) atoms. The van der Waals surface area contributed by atoms with E-state index in [2.05, 4.69) is 44.5 Å². The van der Waals surface area contributed by atoms with E-state index in [0.29, 0.717) is 25.8 Å². The highest BCUT2D eigenvalue weighted by atomic mass is 16.5. The Morgan fingerprint density at radius 3 is 2.83 bits per heavy atom. The van der Waals surface area contributed by atoms with Crippen molar-refractivity contribution in [1.82, 2.24) is 19.9 Å². The molecule has 0 unspecified atom stereocenters. The van der Waals surface area contributed by atoms with Gasteiger partial charge in [-0.3, -0.25) is 4.98 Å². The Morgan fingerprint density at radius 1 is 0.972 bits per heavy atom. The summed E-state index contributed by atoms with van der Waals surface area (Å²) in [6.45, 7) is 5.30. The maximum absolute atomic E-state index is 6.19. The Bertz CT molecular complexity index is 1160. The molecule has 1 fully saturated rings. The number of aromatic nitrogens is 3. The maximum Gasteiger partial charge on any atom is 0.227 e. The lowest BCUT2D eigenvalue weighted by Gasteiger charge is -2.16. The van der Waals surface area contributed by atoms with Crippen LogP contribution in [0.5, 0.6) is 5.75 Å². The van der Waals surface area contributed by atoms with Gasteiger partial charge in [0.15, 0.2) is 0 Å². The first kappa shape index (κ1) is 24.4. The number of allylic oxidation sites excluding steroid dienone is 1. The first-order valence-electron chi connectivity index (χ1n) is 13.1. The monoisotopic (exact) mass is 485 g/mol. The van der Waals surface area contributed by atoms with Crippen molar-refractivity contribution in [2.45, 2.75) is 45.1 Å². The molecule has 0 saturated carbocycles. The number of hydrogen-bond donors (Lipinski definition) is 1. The van der Waals surface area contributed by atoms with Crippen molar-refractivity contribution >= 4 is 11.6 Å². The molecule has 1 saturated heterocycles. The number of fused-ring (bicyclic) bond motifs is 7. The molecule has 0 radical (unpaired) electrons. The first-order valence-corrected chi connectivity index (χ1v) is 13.1. The molecule has 7 nitrogen and oxygen atoms in total. The van der Waals surface area contributed by atoms with Crippen molar-refractivity contribution in [3.8, 4) is 17.0 Å². The zero-order valence-corrected chi connectivity index (χ0v) is 20.9. The highest BCUT2D eigenvalue weighted by Gasteiger charge is 2.12. The van der Waals surface area contributed by atoms with Gasteiger partial charge < -0.3 is 19.7 Å². The fraction of sp³-hybridized carbons (Fsp3) is 0.414. The molecule has 1 N–H and O–H groups in total. The van der Waals surface area contributed by atoms with Crippen LogP contribution in [0.3, 0.4) is 0 Å². The van der Waals surface area contributed by atoms with Gasteiger partial charge in [0.25, 0.3) is 0 Å². The van der Waals surface area contributed by atoms with Crippen LogP contribution in [0.25, 0.3) is 11.3 Å². The van der Waals surface area contributed by atoms with Crippen LogP contribution in [0.15, 0.2) is 60.9 Å². The van der Waals surface area contributed by atoms with E-state index in [4.69, 9.17) is 14.5 Å². The highest BCUT2D eigenvalue weighted by molar-refractivity contribution is 5.63. The van der Waals surface area contributed by atoms with Crippen molar-refractivity contribution in [2.24, 2.45) is 0 Å². The third kappa shape index (κ3) is 6.89. The van der Waals surface area contributed by atoms with Gasteiger partial charge in [-0.1, -0.05) is 12.2 Å². The fourth-order valence-corrected chi connectivity index (χ4v) is 4.69. The molecule has 5 rings (SSSR count). The molecule has 2 aliphatic heterocycles. The molecule has 2 aromatic heterocycles. The van der Waals surface area contributed by atoms with E-state index in [1.165, 1.54) is 25.9 Å². The van der Waals surface area contributed by atoms with E-state index in [1.807, 2.05) is 30.5 Å². The molecule has 0 atom stereocenters. The number of likely N-dealkylation sites (tertiary alicyclic amines) is 1. The second-order valence-electron chi connectivity index (χ2n) is 9.38. The molecular weight excluding hydrogens is 450 g/mol. The molecule has 0 amide bonds. The predicted octanol–water partition coefficient (Wildman–Crippen LogP) is 5.56. The number of pyridine rings is 1. The minimum Gasteiger partial charge on any atom is -0.493 e. The molecule has 3 aromatic rings. The lowest BCUT2D eigenvalue weighted by Crippen LogP contribution is -2.22. The van der Waals surface area contributed by atoms with Crippen molar-refractivity contribution < 1.29 is 9.47 Å². The molecular formula is C29H35N5O2. The molecule has 0 aliphatic carbocycles. The lowest BCUT2D eigenvalue weighted by molar-refractivity contribution is 0.144. The largest absolute Gasteiger partial charge is 0.493 e. The Hall–Kier alpha value is -3.29. The average molecular weight is 486 g/mol. The predicted molar refractivity (Wildman–Crippen MR) is 143 cm³/mol. The smallest absolute Gasteiger partial charge is 0.227 e. The summed E-state index contributed by atoms with van der Waals surface area (Å²) in [6, 6.07) is 12.2. The number of anilines is 2. The first-order chi connectivity index (χ1) is 17.8. The lowest BCUT2D eigenvalue weighted by atomic mass is 10.1. The average Bonchev–Trinajstić information content (AvgIpc) is 3.43. The normalized spacial score (nSPS) is 17.6. The summed E-state index contributed by atoms with van der Waals surface area (Å²) in [5.41, 5.74) is 4.92. The fourth-order valence-electron chi connectivity index (χ4n) is 4.69. The summed E-state index contributed by atoms with van der Waals surface area (Å²) in [6.07, 6.45) is 14.6. The highest BCUT2D eigenvalue weighted by Crippen LogP contribution is 2.27. The zero-order valence-electron chi connectivity index (χ0n) is 20.9. The Morgan fingerprint density at radius 2 is 1.89 bits per heavy atom. The third-order valence-corrected chi connectivity index (χ3v) is 6.60. The van der Waals surface area contributed by atoms with Gasteiger partial charge in [0.05, 0.1) is 25.5 Å². The van der Waals surface area contributed by atoms with Gasteiger partial charge in [-0.2, -0.15) is 0 Å². The van der Waals surface area contributed by atoms with Crippen LogP contribution in [-0.2, 0) is 17.8 Å². The van der Waals surface area contributed by atoms with Crippen molar-refractivity contribution in [2.75, 3.05) is 38.2 Å². The third-order valence-electron chi connectivity index (χ3n) is 6.60. The molecule has 0 spiro atoms. The zero-order chi connectivity index (χ0) is 24.4. The van der Waals surface area contributed by atoms with Gasteiger partial charge in [0, 0.05) is 41.4 Å². The van der Waals surface area contributed by atoms with Gasteiger partial charge in [0.1, 0.15) is 5.75 Å². The minimum atomic E-state index is 0.483. The number of benzene rings is 1. The minimum absolute atomic E-state index is 0.483. The molecule has 1 aromatic carbocycles. The second-order valence-corrected chi connectivity index (χ2v) is 9.38. The van der Waals surface area contributed by atoms with E-state index >= 15 is 0 Å². The van der Waals surface area contributed by atoms with Gasteiger partial charge in [-0.25, -0.2) is 9.97 Å². The molecule has 188 valence electrons. The van der Waals surface area contributed by atoms with Gasteiger partial charge in [0.2, 0.25) is 5.95 Å². The maximum atomic E-state index is 6.19. The SMILES string of the molecule is C1=C/COCc2cc(ccc2OCCCN2CCCC2)Nc2nccc(n2)-c2ccnc(c2)CCC/1. The number of nitrogens with zero attached hydrogens (tertiary/aromatic N) is 4. The summed E-state index contributed by atoms with van der Waals surface area (Å²) in [7, 11) is 0. The van der Waals surface area contributed by atoms with Crippen molar-refractivity contribution in [1.29, 1.82) is 0 Å².